The van der Waals surface area contributed by atoms with E-state index in [2.05, 4.69) is 25.7 Å². The summed E-state index contributed by atoms with van der Waals surface area (Å²) >= 11 is 0. The van der Waals surface area contributed by atoms with Crippen LogP contribution in [0.4, 0.5) is 0 Å². The van der Waals surface area contributed by atoms with Crippen molar-refractivity contribution in [1.29, 1.82) is 0 Å². The first kappa shape index (κ1) is 12.0. The molecule has 0 bridgehead atoms. The topological polar surface area (TPSA) is 32.7 Å². The molecule has 1 fully saturated rings. The molecule has 0 aromatic rings. The highest BCUT2D eigenvalue weighted by Gasteiger charge is 2.35. The van der Waals surface area contributed by atoms with Gasteiger partial charge in [-0.05, 0) is 27.2 Å². The van der Waals surface area contributed by atoms with Crippen molar-refractivity contribution in [3.63, 3.8) is 0 Å². The number of ether oxygens (including phenoxy) is 1. The van der Waals surface area contributed by atoms with E-state index in [1.54, 1.807) is 0 Å². The summed E-state index contributed by atoms with van der Waals surface area (Å²) in [5.41, 5.74) is 0.0494. The van der Waals surface area contributed by atoms with Gasteiger partial charge in [0, 0.05) is 18.1 Å². The van der Waals surface area contributed by atoms with Gasteiger partial charge in [0.15, 0.2) is 0 Å². The van der Waals surface area contributed by atoms with Gasteiger partial charge in [0.05, 0.1) is 19.3 Å². The Balaban J connectivity index is 2.64. The van der Waals surface area contributed by atoms with Crippen molar-refractivity contribution in [2.24, 2.45) is 0 Å². The third-order valence-corrected chi connectivity index (χ3v) is 3.18. The smallest absolute Gasteiger partial charge is 0.0690 e. The first-order valence-corrected chi connectivity index (χ1v) is 5.51. The van der Waals surface area contributed by atoms with Crippen LogP contribution in [-0.4, -0.2) is 47.4 Å². The molecule has 1 saturated heterocycles. The van der Waals surface area contributed by atoms with E-state index in [1.807, 2.05) is 6.92 Å². The second kappa shape index (κ2) is 4.60. The minimum absolute atomic E-state index is 0.0494. The van der Waals surface area contributed by atoms with Crippen LogP contribution in [0.5, 0.6) is 0 Å². The molecule has 1 N–H and O–H groups in total. The van der Waals surface area contributed by atoms with Gasteiger partial charge in [0.1, 0.15) is 0 Å². The minimum atomic E-state index is -0.229. The fourth-order valence-corrected chi connectivity index (χ4v) is 2.17. The van der Waals surface area contributed by atoms with E-state index in [9.17, 15) is 5.11 Å². The molecule has 0 amide bonds. The maximum absolute atomic E-state index is 9.83. The first-order chi connectivity index (χ1) is 6.49. The van der Waals surface area contributed by atoms with Crippen LogP contribution >= 0.6 is 0 Å². The van der Waals surface area contributed by atoms with Crippen LogP contribution in [0.25, 0.3) is 0 Å². The highest BCUT2D eigenvalue weighted by Crippen LogP contribution is 2.23. The number of hydrogen-bond donors (Lipinski definition) is 1. The second-order valence-electron chi connectivity index (χ2n) is 4.77. The van der Waals surface area contributed by atoms with Crippen LogP contribution in [0.15, 0.2) is 0 Å². The Morgan fingerprint density at radius 2 is 2.14 bits per heavy atom. The van der Waals surface area contributed by atoms with Crippen molar-refractivity contribution in [1.82, 2.24) is 4.90 Å². The summed E-state index contributed by atoms with van der Waals surface area (Å²) in [4.78, 5) is 2.35. The van der Waals surface area contributed by atoms with Gasteiger partial charge >= 0.3 is 0 Å². The number of aliphatic hydroxyl groups excluding tert-OH is 1. The third kappa shape index (κ3) is 2.47. The summed E-state index contributed by atoms with van der Waals surface area (Å²) in [5.74, 6) is 0. The number of morpholine rings is 1. The quantitative estimate of drug-likeness (QED) is 0.746. The number of hydrogen-bond acceptors (Lipinski definition) is 3. The Morgan fingerprint density at radius 1 is 1.50 bits per heavy atom. The summed E-state index contributed by atoms with van der Waals surface area (Å²) in [6.07, 6.45) is 0.585. The first-order valence-electron chi connectivity index (χ1n) is 5.51. The zero-order valence-electron chi connectivity index (χ0n) is 9.79. The molecule has 0 aliphatic carbocycles. The van der Waals surface area contributed by atoms with Crippen LogP contribution in [-0.2, 0) is 4.74 Å². The molecular formula is C11H23NO2. The highest BCUT2D eigenvalue weighted by atomic mass is 16.5. The summed E-state index contributed by atoms with van der Waals surface area (Å²) in [6.45, 7) is 10.9. The van der Waals surface area contributed by atoms with Crippen molar-refractivity contribution < 1.29 is 9.84 Å². The Labute approximate surface area is 87.1 Å². The van der Waals surface area contributed by atoms with Crippen molar-refractivity contribution in [3.05, 3.63) is 0 Å². The SMILES string of the molecule is CCC(O)C(C)N1CCOCC1(C)C. The average Bonchev–Trinajstić information content (AvgIpc) is 2.15. The largest absolute Gasteiger partial charge is 0.392 e. The fraction of sp³-hybridized carbons (Fsp3) is 1.00. The van der Waals surface area contributed by atoms with E-state index in [0.29, 0.717) is 0 Å². The predicted octanol–water partition coefficient (Wildman–Crippen LogP) is 1.26. The van der Waals surface area contributed by atoms with Gasteiger partial charge in [-0.15, -0.1) is 0 Å². The van der Waals surface area contributed by atoms with E-state index < -0.39 is 0 Å². The predicted molar refractivity (Wildman–Crippen MR) is 57.4 cm³/mol. The Kier molecular flexibility index (Phi) is 3.93. The molecular weight excluding hydrogens is 178 g/mol. The average molecular weight is 201 g/mol. The molecule has 0 spiro atoms. The molecule has 2 atom stereocenters. The lowest BCUT2D eigenvalue weighted by molar-refractivity contribution is -0.0920. The van der Waals surface area contributed by atoms with Gasteiger partial charge in [0.25, 0.3) is 0 Å². The lowest BCUT2D eigenvalue weighted by Crippen LogP contribution is -2.59. The zero-order valence-corrected chi connectivity index (χ0v) is 9.79. The van der Waals surface area contributed by atoms with Gasteiger partial charge in [-0.3, -0.25) is 4.90 Å². The van der Waals surface area contributed by atoms with E-state index in [4.69, 9.17) is 4.74 Å². The van der Waals surface area contributed by atoms with Gasteiger partial charge in [-0.2, -0.15) is 0 Å². The van der Waals surface area contributed by atoms with Crippen molar-refractivity contribution in [3.8, 4) is 0 Å². The molecule has 0 aromatic carbocycles. The molecule has 1 heterocycles. The fourth-order valence-electron chi connectivity index (χ4n) is 2.17. The lowest BCUT2D eigenvalue weighted by atomic mass is 9.97. The normalized spacial score (nSPS) is 27.2. The number of rotatable bonds is 3. The minimum Gasteiger partial charge on any atom is -0.392 e. The Bertz CT molecular complexity index is 182. The van der Waals surface area contributed by atoms with Gasteiger partial charge in [0.2, 0.25) is 0 Å². The summed E-state index contributed by atoms with van der Waals surface area (Å²) in [5, 5.41) is 9.83. The van der Waals surface area contributed by atoms with E-state index in [-0.39, 0.29) is 17.7 Å². The third-order valence-electron chi connectivity index (χ3n) is 3.18. The molecule has 0 radical (unpaired) electrons. The molecule has 1 rings (SSSR count). The van der Waals surface area contributed by atoms with Crippen LogP contribution in [0.2, 0.25) is 0 Å². The monoisotopic (exact) mass is 201 g/mol. The van der Waals surface area contributed by atoms with E-state index in [1.165, 1.54) is 0 Å². The number of aliphatic hydroxyl groups is 1. The highest BCUT2D eigenvalue weighted by molar-refractivity contribution is 4.89. The molecule has 2 unspecified atom stereocenters. The molecule has 1 aliphatic rings. The van der Waals surface area contributed by atoms with Crippen LogP contribution in [0.1, 0.15) is 34.1 Å². The van der Waals surface area contributed by atoms with Crippen molar-refractivity contribution >= 4 is 0 Å². The van der Waals surface area contributed by atoms with E-state index in [0.717, 1.165) is 26.2 Å². The molecule has 14 heavy (non-hydrogen) atoms. The second-order valence-corrected chi connectivity index (χ2v) is 4.77. The zero-order chi connectivity index (χ0) is 10.8. The molecule has 1 aliphatic heterocycles. The lowest BCUT2D eigenvalue weighted by Gasteiger charge is -2.46. The molecule has 0 saturated carbocycles. The van der Waals surface area contributed by atoms with Gasteiger partial charge in [-0.25, -0.2) is 0 Å². The molecule has 3 nitrogen and oxygen atoms in total. The van der Waals surface area contributed by atoms with Crippen LogP contribution in [0.3, 0.4) is 0 Å². The summed E-state index contributed by atoms with van der Waals surface area (Å²) in [7, 11) is 0. The summed E-state index contributed by atoms with van der Waals surface area (Å²) in [6, 6.07) is 0.221. The molecule has 3 heteroatoms. The maximum atomic E-state index is 9.83. The Morgan fingerprint density at radius 3 is 2.64 bits per heavy atom. The summed E-state index contributed by atoms with van der Waals surface area (Å²) < 4.78 is 5.46. The van der Waals surface area contributed by atoms with Crippen LogP contribution in [0, 0.1) is 0 Å². The van der Waals surface area contributed by atoms with Crippen LogP contribution < -0.4 is 0 Å². The molecule has 84 valence electrons. The standard InChI is InChI=1S/C11H23NO2/c1-5-10(13)9(2)12-6-7-14-8-11(12,3)4/h9-10,13H,5-8H2,1-4H3. The molecule has 0 aromatic heterocycles. The van der Waals surface area contributed by atoms with E-state index >= 15 is 0 Å². The Hall–Kier alpha value is -0.120. The maximum Gasteiger partial charge on any atom is 0.0690 e. The number of nitrogens with zero attached hydrogens (tertiary/aromatic N) is 1. The van der Waals surface area contributed by atoms with Gasteiger partial charge in [-0.1, -0.05) is 6.92 Å². The van der Waals surface area contributed by atoms with Crippen molar-refractivity contribution in [2.45, 2.75) is 51.8 Å². The van der Waals surface area contributed by atoms with Crippen molar-refractivity contribution in [2.75, 3.05) is 19.8 Å². The van der Waals surface area contributed by atoms with Gasteiger partial charge < -0.3 is 9.84 Å².